The predicted octanol–water partition coefficient (Wildman–Crippen LogP) is 1.17. The van der Waals surface area contributed by atoms with E-state index in [4.69, 9.17) is 21.6 Å². The number of benzene rings is 2. The highest BCUT2D eigenvalue weighted by Gasteiger charge is 2.10. The molecule has 0 unspecified atom stereocenters. The minimum atomic E-state index is -1.42. The lowest BCUT2D eigenvalue weighted by atomic mass is 9.79. The van der Waals surface area contributed by atoms with Gasteiger partial charge in [0, 0.05) is 5.02 Å². The molecule has 14 heavy (non-hydrogen) atoms. The average Bonchev–Trinajstić information content (AvgIpc) is 2.16. The molecule has 2 rings (SSSR count). The maximum Gasteiger partial charge on any atom is 0.488 e. The second-order valence-electron chi connectivity index (χ2n) is 3.12. The zero-order chi connectivity index (χ0) is 10.1. The number of hydrogen-bond donors (Lipinski definition) is 2. The first-order chi connectivity index (χ1) is 6.66. The zero-order valence-electron chi connectivity index (χ0n) is 7.31. The lowest BCUT2D eigenvalue weighted by Gasteiger charge is -2.02. The van der Waals surface area contributed by atoms with Crippen LogP contribution in [0.15, 0.2) is 36.4 Å². The van der Waals surface area contributed by atoms with Gasteiger partial charge in [-0.25, -0.2) is 0 Å². The Morgan fingerprint density at radius 2 is 1.57 bits per heavy atom. The Morgan fingerprint density at radius 1 is 0.929 bits per heavy atom. The van der Waals surface area contributed by atoms with Gasteiger partial charge in [-0.1, -0.05) is 35.9 Å². The van der Waals surface area contributed by atoms with Crippen LogP contribution in [0, 0.1) is 0 Å². The van der Waals surface area contributed by atoms with Crippen LogP contribution < -0.4 is 5.46 Å². The molecule has 0 atom stereocenters. The van der Waals surface area contributed by atoms with Gasteiger partial charge in [0.1, 0.15) is 0 Å². The van der Waals surface area contributed by atoms with Crippen molar-refractivity contribution < 1.29 is 10.0 Å². The summed E-state index contributed by atoms with van der Waals surface area (Å²) in [6.45, 7) is 0. The molecule has 0 radical (unpaired) electrons. The van der Waals surface area contributed by atoms with Gasteiger partial charge in [-0.2, -0.15) is 0 Å². The van der Waals surface area contributed by atoms with E-state index in [2.05, 4.69) is 0 Å². The molecule has 4 heteroatoms. The van der Waals surface area contributed by atoms with Crippen molar-refractivity contribution >= 4 is 35.0 Å². The van der Waals surface area contributed by atoms with Crippen molar-refractivity contribution in [3.63, 3.8) is 0 Å². The Hall–Kier alpha value is -1.03. The fraction of sp³-hybridized carbons (Fsp3) is 0. The minimum Gasteiger partial charge on any atom is -0.423 e. The molecule has 0 fully saturated rings. The quantitative estimate of drug-likeness (QED) is 0.688. The summed E-state index contributed by atoms with van der Waals surface area (Å²) in [4.78, 5) is 0. The smallest absolute Gasteiger partial charge is 0.423 e. The Balaban J connectivity index is 2.62. The maximum atomic E-state index is 8.97. The molecule has 70 valence electrons. The standard InChI is InChI=1S/C10H8BClO2/c12-10-4-2-7-5-9(11(13)14)3-1-8(7)6-10/h1-6,13-14H. The predicted molar refractivity (Wildman–Crippen MR) is 58.8 cm³/mol. The zero-order valence-corrected chi connectivity index (χ0v) is 8.07. The van der Waals surface area contributed by atoms with E-state index in [1.54, 1.807) is 18.2 Å². The Labute approximate surface area is 86.9 Å². The van der Waals surface area contributed by atoms with Gasteiger partial charge in [0.05, 0.1) is 0 Å². The van der Waals surface area contributed by atoms with Crippen molar-refractivity contribution in [3.05, 3.63) is 41.4 Å². The van der Waals surface area contributed by atoms with Gasteiger partial charge in [0.15, 0.2) is 0 Å². The number of hydrogen-bond acceptors (Lipinski definition) is 2. The summed E-state index contributed by atoms with van der Waals surface area (Å²) in [6, 6.07) is 10.7. The molecule has 0 saturated heterocycles. The van der Waals surface area contributed by atoms with Gasteiger partial charge >= 0.3 is 7.12 Å². The first-order valence-corrected chi connectivity index (χ1v) is 4.60. The van der Waals surface area contributed by atoms with Crippen LogP contribution in [0.3, 0.4) is 0 Å². The Morgan fingerprint density at radius 3 is 2.29 bits per heavy atom. The fourth-order valence-electron chi connectivity index (χ4n) is 1.40. The van der Waals surface area contributed by atoms with E-state index in [1.165, 1.54) is 0 Å². The second-order valence-corrected chi connectivity index (χ2v) is 3.56. The van der Waals surface area contributed by atoms with Crippen LogP contribution in [0.5, 0.6) is 0 Å². The highest BCUT2D eigenvalue weighted by molar-refractivity contribution is 6.58. The van der Waals surface area contributed by atoms with E-state index >= 15 is 0 Å². The number of rotatable bonds is 1. The van der Waals surface area contributed by atoms with Crippen LogP contribution in [-0.4, -0.2) is 17.2 Å². The molecule has 0 saturated carbocycles. The van der Waals surface area contributed by atoms with Crippen molar-refractivity contribution in [2.75, 3.05) is 0 Å². The molecule has 2 aromatic carbocycles. The summed E-state index contributed by atoms with van der Waals surface area (Å²) in [5.74, 6) is 0. The lowest BCUT2D eigenvalue weighted by molar-refractivity contribution is 0.426. The molecule has 0 aliphatic rings. The van der Waals surface area contributed by atoms with E-state index in [1.807, 2.05) is 18.2 Å². The largest absolute Gasteiger partial charge is 0.488 e. The van der Waals surface area contributed by atoms with Gasteiger partial charge < -0.3 is 10.0 Å². The summed E-state index contributed by atoms with van der Waals surface area (Å²) in [5.41, 5.74) is 0.486. The Bertz CT molecular complexity index is 471. The Kier molecular flexibility index (Phi) is 2.46. The van der Waals surface area contributed by atoms with Gasteiger partial charge in [-0.05, 0) is 28.4 Å². The molecule has 2 aromatic rings. The number of fused-ring (bicyclic) bond motifs is 1. The molecule has 0 aliphatic carbocycles. The SMILES string of the molecule is OB(O)c1ccc2cc(Cl)ccc2c1. The number of halogens is 1. The van der Waals surface area contributed by atoms with Gasteiger partial charge in [-0.15, -0.1) is 0 Å². The van der Waals surface area contributed by atoms with Crippen LogP contribution in [0.4, 0.5) is 0 Å². The molecule has 0 aliphatic heterocycles. The summed E-state index contributed by atoms with van der Waals surface area (Å²) < 4.78 is 0. The normalized spacial score (nSPS) is 10.5. The van der Waals surface area contributed by atoms with Crippen LogP contribution in [0.25, 0.3) is 10.8 Å². The fourth-order valence-corrected chi connectivity index (χ4v) is 1.58. The van der Waals surface area contributed by atoms with Gasteiger partial charge in [-0.3, -0.25) is 0 Å². The summed E-state index contributed by atoms with van der Waals surface area (Å²) >= 11 is 5.82. The van der Waals surface area contributed by atoms with Crippen molar-refractivity contribution in [2.24, 2.45) is 0 Å². The monoisotopic (exact) mass is 206 g/mol. The molecule has 0 amide bonds. The third kappa shape index (κ3) is 1.75. The molecule has 0 heterocycles. The van der Waals surface area contributed by atoms with Crippen molar-refractivity contribution in [1.82, 2.24) is 0 Å². The maximum absolute atomic E-state index is 8.97. The third-order valence-corrected chi connectivity index (χ3v) is 2.36. The van der Waals surface area contributed by atoms with Crippen LogP contribution in [0.1, 0.15) is 0 Å². The third-order valence-electron chi connectivity index (χ3n) is 2.12. The summed E-state index contributed by atoms with van der Waals surface area (Å²) in [5, 5.41) is 20.5. The average molecular weight is 206 g/mol. The molecule has 2 nitrogen and oxygen atoms in total. The molecule has 0 bridgehead atoms. The highest BCUT2D eigenvalue weighted by Crippen LogP contribution is 2.17. The van der Waals surface area contributed by atoms with E-state index in [0.717, 1.165) is 10.8 Å². The second kappa shape index (κ2) is 3.61. The topological polar surface area (TPSA) is 40.5 Å². The van der Waals surface area contributed by atoms with Crippen molar-refractivity contribution in [2.45, 2.75) is 0 Å². The van der Waals surface area contributed by atoms with Crippen LogP contribution in [0.2, 0.25) is 5.02 Å². The summed E-state index contributed by atoms with van der Waals surface area (Å²) in [6.07, 6.45) is 0. The first kappa shape index (κ1) is 9.53. The molecule has 2 N–H and O–H groups in total. The minimum absolute atomic E-state index is 0.486. The van der Waals surface area contributed by atoms with Crippen molar-refractivity contribution in [3.8, 4) is 0 Å². The first-order valence-electron chi connectivity index (χ1n) is 4.22. The molecule has 0 aromatic heterocycles. The van der Waals surface area contributed by atoms with Crippen LogP contribution in [-0.2, 0) is 0 Å². The molecular formula is C10H8BClO2. The van der Waals surface area contributed by atoms with E-state index in [-0.39, 0.29) is 0 Å². The van der Waals surface area contributed by atoms with E-state index in [0.29, 0.717) is 10.5 Å². The van der Waals surface area contributed by atoms with Gasteiger partial charge in [0.25, 0.3) is 0 Å². The van der Waals surface area contributed by atoms with Crippen LogP contribution >= 0.6 is 11.6 Å². The lowest BCUT2D eigenvalue weighted by Crippen LogP contribution is -2.29. The highest BCUT2D eigenvalue weighted by atomic mass is 35.5. The molecule has 0 spiro atoms. The van der Waals surface area contributed by atoms with Crippen molar-refractivity contribution in [1.29, 1.82) is 0 Å². The summed E-state index contributed by atoms with van der Waals surface area (Å²) in [7, 11) is -1.42. The van der Waals surface area contributed by atoms with E-state index < -0.39 is 7.12 Å². The van der Waals surface area contributed by atoms with E-state index in [9.17, 15) is 0 Å². The van der Waals surface area contributed by atoms with Gasteiger partial charge in [0.2, 0.25) is 0 Å². The molecular weight excluding hydrogens is 198 g/mol.